The smallest absolute Gasteiger partial charge is 0.0577 e. The molecule has 0 radical (unpaired) electrons. The normalized spacial score (nSPS) is 45.2. The molecule has 0 bridgehead atoms. The van der Waals surface area contributed by atoms with E-state index in [1.165, 1.54) is 56.9 Å². The Kier molecular flexibility index (Phi) is 5.86. The summed E-state index contributed by atoms with van der Waals surface area (Å²) in [5, 5.41) is 10.2. The van der Waals surface area contributed by atoms with Gasteiger partial charge < -0.3 is 5.11 Å². The molecule has 29 heavy (non-hydrogen) atoms. The van der Waals surface area contributed by atoms with Gasteiger partial charge in [0.05, 0.1) is 6.10 Å². The van der Waals surface area contributed by atoms with Crippen molar-refractivity contribution in [3.05, 3.63) is 23.8 Å². The largest absolute Gasteiger partial charge is 0.393 e. The van der Waals surface area contributed by atoms with Crippen molar-refractivity contribution in [3.8, 4) is 0 Å². The average molecular weight is 399 g/mol. The Morgan fingerprint density at radius 1 is 1.10 bits per heavy atom. The first-order valence-corrected chi connectivity index (χ1v) is 12.7. The summed E-state index contributed by atoms with van der Waals surface area (Å²) in [6.07, 6.45) is 15.3. The van der Waals surface area contributed by atoms with Crippen molar-refractivity contribution >= 4 is 0 Å². The number of hydrogen-bond acceptors (Lipinski definition) is 1. The average Bonchev–Trinajstić information content (AvgIpc) is 3.03. The molecular weight excluding hydrogens is 352 g/mol. The van der Waals surface area contributed by atoms with E-state index in [0.29, 0.717) is 16.7 Å². The van der Waals surface area contributed by atoms with E-state index in [1.54, 1.807) is 5.57 Å². The highest BCUT2D eigenvalue weighted by Crippen LogP contribution is 2.67. The zero-order chi connectivity index (χ0) is 21.0. The van der Waals surface area contributed by atoms with Gasteiger partial charge in [-0.05, 0) is 111 Å². The van der Waals surface area contributed by atoms with Crippen LogP contribution in [-0.4, -0.2) is 11.2 Å². The molecule has 0 aromatic carbocycles. The fraction of sp³-hybridized carbons (Fsp3) is 0.857. The van der Waals surface area contributed by atoms with Gasteiger partial charge in [0.25, 0.3) is 0 Å². The number of fused-ring (bicyclic) bond motifs is 5. The first-order chi connectivity index (χ1) is 13.7. The maximum atomic E-state index is 10.2. The Labute approximate surface area is 180 Å². The van der Waals surface area contributed by atoms with Gasteiger partial charge in [0, 0.05) is 0 Å². The molecule has 0 spiro atoms. The van der Waals surface area contributed by atoms with Crippen molar-refractivity contribution in [3.63, 3.8) is 0 Å². The number of allylic oxidation sites excluding steroid dienone is 2. The van der Waals surface area contributed by atoms with Crippen LogP contribution in [0.4, 0.5) is 0 Å². The lowest BCUT2D eigenvalue weighted by Crippen LogP contribution is -2.50. The third-order valence-electron chi connectivity index (χ3n) is 10.6. The summed E-state index contributed by atoms with van der Waals surface area (Å²) in [7, 11) is 0. The van der Waals surface area contributed by atoms with Crippen molar-refractivity contribution in [2.24, 2.45) is 46.3 Å². The van der Waals surface area contributed by atoms with Crippen LogP contribution in [0.5, 0.6) is 0 Å². The molecule has 4 aliphatic carbocycles. The second kappa shape index (κ2) is 7.85. The molecule has 0 aliphatic heterocycles. The van der Waals surface area contributed by atoms with E-state index in [0.717, 1.165) is 42.4 Å². The van der Waals surface area contributed by atoms with Gasteiger partial charge >= 0.3 is 0 Å². The van der Waals surface area contributed by atoms with Crippen LogP contribution in [0.25, 0.3) is 0 Å². The molecule has 0 amide bonds. The maximum Gasteiger partial charge on any atom is 0.0577 e. The Morgan fingerprint density at radius 2 is 1.86 bits per heavy atom. The number of rotatable bonds is 5. The van der Waals surface area contributed by atoms with Crippen molar-refractivity contribution in [1.82, 2.24) is 0 Å². The topological polar surface area (TPSA) is 20.2 Å². The first kappa shape index (κ1) is 21.7. The molecule has 0 aromatic heterocycles. The Bertz CT molecular complexity index is 659. The fourth-order valence-electron chi connectivity index (χ4n) is 8.52. The van der Waals surface area contributed by atoms with E-state index >= 15 is 0 Å². The van der Waals surface area contributed by atoms with Gasteiger partial charge in [-0.25, -0.2) is 0 Å². The Hall–Kier alpha value is -0.560. The number of aliphatic hydroxyl groups excluding tert-OH is 1. The quantitative estimate of drug-likeness (QED) is 0.474. The molecule has 0 aromatic rings. The summed E-state index contributed by atoms with van der Waals surface area (Å²) in [6, 6.07) is 0. The minimum absolute atomic E-state index is 0.0861. The van der Waals surface area contributed by atoms with Crippen LogP contribution in [0.2, 0.25) is 0 Å². The predicted molar refractivity (Wildman–Crippen MR) is 124 cm³/mol. The van der Waals surface area contributed by atoms with E-state index in [1.807, 2.05) is 0 Å². The van der Waals surface area contributed by atoms with E-state index in [9.17, 15) is 5.11 Å². The summed E-state index contributed by atoms with van der Waals surface area (Å²) in [5.41, 5.74) is 3.98. The van der Waals surface area contributed by atoms with E-state index in [4.69, 9.17) is 0 Å². The molecule has 1 nitrogen and oxygen atoms in total. The SMILES string of the molecule is C=C(CC[C@@H](C)[C@H]1CC[C@H]2[C@@H]3CC=C4C[C@@H](O)CC[C@]4(C)[C@@H]3CC[C@]12C)C(C)C. The standard InChI is InChI=1S/C28H46O/c1-18(2)19(3)7-8-20(4)24-11-12-25-23-10-9-21-17-22(29)13-15-27(21,5)26(23)14-16-28(24,25)6/h9,18,20,22-26,29H,3,7-8,10-17H2,1-2,4-6H3/t20-,22+,23+,24-,25+,26-,27+,28-/m1/s1. The minimum atomic E-state index is -0.0861. The highest BCUT2D eigenvalue weighted by atomic mass is 16.3. The zero-order valence-corrected chi connectivity index (χ0v) is 19.8. The van der Waals surface area contributed by atoms with Crippen molar-refractivity contribution < 1.29 is 5.11 Å². The molecule has 0 heterocycles. The summed E-state index contributed by atoms with van der Waals surface area (Å²) in [4.78, 5) is 0. The Morgan fingerprint density at radius 3 is 2.59 bits per heavy atom. The predicted octanol–water partition coefficient (Wildman–Crippen LogP) is 7.55. The van der Waals surface area contributed by atoms with Gasteiger partial charge in [-0.3, -0.25) is 0 Å². The molecule has 8 atom stereocenters. The molecule has 4 rings (SSSR count). The molecule has 0 unspecified atom stereocenters. The third kappa shape index (κ3) is 3.58. The molecular formula is C28H46O. The summed E-state index contributed by atoms with van der Waals surface area (Å²) >= 11 is 0. The molecule has 4 aliphatic rings. The molecule has 3 saturated carbocycles. The van der Waals surface area contributed by atoms with Crippen molar-refractivity contribution in [1.29, 1.82) is 0 Å². The summed E-state index contributed by atoms with van der Waals surface area (Å²) in [5.74, 6) is 5.03. The lowest BCUT2D eigenvalue weighted by molar-refractivity contribution is -0.0571. The van der Waals surface area contributed by atoms with Gasteiger partial charge in [-0.2, -0.15) is 0 Å². The van der Waals surface area contributed by atoms with Crippen LogP contribution >= 0.6 is 0 Å². The molecule has 1 heteroatoms. The number of hydrogen-bond donors (Lipinski definition) is 1. The highest BCUT2D eigenvalue weighted by Gasteiger charge is 2.59. The molecule has 3 fully saturated rings. The van der Waals surface area contributed by atoms with Crippen molar-refractivity contribution in [2.45, 2.75) is 105 Å². The van der Waals surface area contributed by atoms with Crippen molar-refractivity contribution in [2.75, 3.05) is 0 Å². The third-order valence-corrected chi connectivity index (χ3v) is 10.6. The Balaban J connectivity index is 1.49. The number of aliphatic hydroxyl groups is 1. The van der Waals surface area contributed by atoms with Gasteiger partial charge in [0.15, 0.2) is 0 Å². The van der Waals surface area contributed by atoms with Gasteiger partial charge in [-0.15, -0.1) is 0 Å². The highest BCUT2D eigenvalue weighted by molar-refractivity contribution is 5.25. The maximum absolute atomic E-state index is 10.2. The van der Waals surface area contributed by atoms with Crippen LogP contribution in [-0.2, 0) is 0 Å². The van der Waals surface area contributed by atoms with Crippen LogP contribution in [0.3, 0.4) is 0 Å². The molecule has 1 N–H and O–H groups in total. The van der Waals surface area contributed by atoms with Gasteiger partial charge in [0.1, 0.15) is 0 Å². The molecule has 0 saturated heterocycles. The van der Waals surface area contributed by atoms with Gasteiger partial charge in [-0.1, -0.05) is 58.4 Å². The van der Waals surface area contributed by atoms with E-state index in [2.05, 4.69) is 47.3 Å². The second-order valence-electron chi connectivity index (χ2n) is 12.2. The van der Waals surface area contributed by atoms with Gasteiger partial charge in [0.2, 0.25) is 0 Å². The van der Waals surface area contributed by atoms with E-state index < -0.39 is 0 Å². The van der Waals surface area contributed by atoms with Crippen LogP contribution in [0.1, 0.15) is 98.8 Å². The molecule has 164 valence electrons. The summed E-state index contributed by atoms with van der Waals surface area (Å²) in [6.45, 7) is 16.7. The minimum Gasteiger partial charge on any atom is -0.393 e. The second-order valence-corrected chi connectivity index (χ2v) is 12.2. The lowest BCUT2D eigenvalue weighted by atomic mass is 9.47. The van der Waals surface area contributed by atoms with E-state index in [-0.39, 0.29) is 6.10 Å². The lowest BCUT2D eigenvalue weighted by Gasteiger charge is -2.58. The first-order valence-electron chi connectivity index (χ1n) is 12.7. The monoisotopic (exact) mass is 398 g/mol. The van der Waals surface area contributed by atoms with Crippen LogP contribution in [0, 0.1) is 46.3 Å². The zero-order valence-electron chi connectivity index (χ0n) is 19.8. The summed E-state index contributed by atoms with van der Waals surface area (Å²) < 4.78 is 0. The van der Waals surface area contributed by atoms with Crippen LogP contribution in [0.15, 0.2) is 23.8 Å². The van der Waals surface area contributed by atoms with Crippen LogP contribution < -0.4 is 0 Å². The fourth-order valence-corrected chi connectivity index (χ4v) is 8.52.